The third kappa shape index (κ3) is 13.0. The fourth-order valence-electron chi connectivity index (χ4n) is 5.94. The molecule has 3 aromatic carbocycles. The van der Waals surface area contributed by atoms with Crippen LogP contribution in [0, 0.1) is 0 Å². The molecule has 0 radical (unpaired) electrons. The van der Waals surface area contributed by atoms with Crippen LogP contribution in [-0.2, 0) is 36.8 Å². The number of nitrogens with zero attached hydrogens (tertiary/aromatic N) is 2. The molecule has 5 amide bonds. The number of phenolic OH excluding ortho intramolecular Hbond substituents is 1. The number of hydrogen-bond acceptors (Lipinski definition) is 8. The highest BCUT2D eigenvalue weighted by Crippen LogP contribution is 2.17. The highest BCUT2D eigenvalue weighted by Gasteiger charge is 2.32. The molecule has 0 bridgehead atoms. The summed E-state index contributed by atoms with van der Waals surface area (Å²) < 4.78 is 0. The lowest BCUT2D eigenvalue weighted by Gasteiger charge is -2.27. The Morgan fingerprint density at radius 1 is 0.611 bits per heavy atom. The molecule has 14 N–H and O–H groups in total. The molecule has 288 valence electrons. The molecule has 17 heteroatoms. The maximum Gasteiger partial charge on any atom is 0.243 e. The van der Waals surface area contributed by atoms with Gasteiger partial charge in [-0.05, 0) is 59.7 Å². The fraction of sp³-hybridized carbons (Fsp3) is 0.378. The average Bonchev–Trinajstić information content (AvgIpc) is 3.13. The second kappa shape index (κ2) is 20.0. The molecule has 3 aromatic rings. The van der Waals surface area contributed by atoms with Crippen molar-refractivity contribution in [2.24, 2.45) is 32.9 Å². The van der Waals surface area contributed by atoms with Crippen molar-refractivity contribution in [1.82, 2.24) is 26.6 Å². The van der Waals surface area contributed by atoms with Crippen LogP contribution in [-0.4, -0.2) is 90.4 Å². The van der Waals surface area contributed by atoms with Crippen LogP contribution < -0.4 is 49.5 Å². The zero-order valence-electron chi connectivity index (χ0n) is 29.9. The maximum absolute atomic E-state index is 14.0. The Morgan fingerprint density at radius 3 is 1.70 bits per heavy atom. The summed E-state index contributed by atoms with van der Waals surface area (Å²) in [7, 11) is 0. The van der Waals surface area contributed by atoms with Gasteiger partial charge in [0.2, 0.25) is 29.5 Å². The zero-order valence-corrected chi connectivity index (χ0v) is 29.9. The Hall–Kier alpha value is -6.39. The van der Waals surface area contributed by atoms with Crippen molar-refractivity contribution in [2.75, 3.05) is 19.6 Å². The molecule has 0 aliphatic carbocycles. The fourth-order valence-corrected chi connectivity index (χ4v) is 5.94. The summed E-state index contributed by atoms with van der Waals surface area (Å²) >= 11 is 0. The van der Waals surface area contributed by atoms with Crippen LogP contribution in [0.15, 0.2) is 76.7 Å². The SMILES string of the molecule is NC(N)=NCCC[C@@H]1NC(=O)[C@@H](CCCN=C(N)N)NC(=O)[C@@H](Cc2ccc(O)cc2)NC(=O)CCNC(=O)[C@@H](Cc2ccc3ccccc3c2)NC1=O. The number of hydrogen-bond donors (Lipinski definition) is 10. The minimum absolute atomic E-state index is 0.0225. The molecule has 4 atom stereocenters. The molecule has 54 heavy (non-hydrogen) atoms. The molecule has 1 fully saturated rings. The number of nitrogens with one attached hydrogen (secondary N) is 5. The number of benzene rings is 3. The van der Waals surface area contributed by atoms with Crippen LogP contribution in [0.25, 0.3) is 10.8 Å². The van der Waals surface area contributed by atoms with Gasteiger partial charge >= 0.3 is 0 Å². The Labute approximate surface area is 312 Å². The number of carbonyl (C=O) groups is 5. The van der Waals surface area contributed by atoms with Gasteiger partial charge in [-0.1, -0.05) is 54.6 Å². The number of nitrogens with two attached hydrogens (primary N) is 4. The lowest BCUT2D eigenvalue weighted by Crippen LogP contribution is -2.59. The van der Waals surface area contributed by atoms with Gasteiger partial charge in [-0.2, -0.15) is 0 Å². The van der Waals surface area contributed by atoms with Crippen LogP contribution in [0.2, 0.25) is 0 Å². The minimum Gasteiger partial charge on any atom is -0.508 e. The second-order valence-electron chi connectivity index (χ2n) is 13.0. The Kier molecular flexibility index (Phi) is 15.0. The minimum atomic E-state index is -1.18. The smallest absolute Gasteiger partial charge is 0.243 e. The van der Waals surface area contributed by atoms with E-state index >= 15 is 0 Å². The zero-order chi connectivity index (χ0) is 39.0. The van der Waals surface area contributed by atoms with E-state index in [9.17, 15) is 29.1 Å². The molecule has 1 saturated heterocycles. The highest BCUT2D eigenvalue weighted by atomic mass is 16.3. The summed E-state index contributed by atoms with van der Waals surface area (Å²) in [5.41, 5.74) is 23.3. The van der Waals surface area contributed by atoms with Gasteiger partial charge in [0.1, 0.15) is 29.9 Å². The van der Waals surface area contributed by atoms with Crippen LogP contribution in [0.4, 0.5) is 0 Å². The number of guanidine groups is 2. The highest BCUT2D eigenvalue weighted by molar-refractivity contribution is 5.96. The van der Waals surface area contributed by atoms with Crippen molar-refractivity contribution in [1.29, 1.82) is 0 Å². The van der Waals surface area contributed by atoms with Gasteiger partial charge < -0.3 is 54.6 Å². The topological polar surface area (TPSA) is 295 Å². The van der Waals surface area contributed by atoms with Crippen LogP contribution in [0.3, 0.4) is 0 Å². The number of rotatable bonds is 12. The summed E-state index contributed by atoms with van der Waals surface area (Å²) in [5, 5.41) is 25.5. The van der Waals surface area contributed by atoms with E-state index in [2.05, 4.69) is 36.6 Å². The molecule has 1 heterocycles. The quantitative estimate of drug-likeness (QED) is 0.0607. The summed E-state index contributed by atoms with van der Waals surface area (Å²) in [4.78, 5) is 76.5. The van der Waals surface area contributed by atoms with Crippen molar-refractivity contribution in [3.8, 4) is 5.75 Å². The first-order valence-electron chi connectivity index (χ1n) is 17.7. The third-order valence-corrected chi connectivity index (χ3v) is 8.72. The van der Waals surface area contributed by atoms with Crippen LogP contribution in [0.5, 0.6) is 5.75 Å². The van der Waals surface area contributed by atoms with Gasteiger partial charge in [-0.3, -0.25) is 34.0 Å². The summed E-state index contributed by atoms with van der Waals surface area (Å²) in [6.07, 6.45) is 0.687. The Bertz CT molecular complexity index is 1840. The number of aliphatic imine (C=N–C) groups is 2. The van der Waals surface area contributed by atoms with Gasteiger partial charge in [0.25, 0.3) is 0 Å². The van der Waals surface area contributed by atoms with E-state index in [1.54, 1.807) is 12.1 Å². The predicted molar refractivity (Wildman–Crippen MR) is 205 cm³/mol. The standard InChI is InChI=1S/C37H49N11O6/c38-36(39)43-16-3-7-27-33(52)46-28(8-4-17-44-37(40)41)34(53)48-29(21-23-9-12-24-5-1-2-6-25(24)19-23)32(51)42-18-15-31(50)45-30(35(54)47-27)20-22-10-13-26(49)14-11-22/h1-2,5-6,9-14,19,27-30,49H,3-4,7-8,15-18,20-21H2,(H,42,51)(H,45,50)(H,46,52)(H,47,54)(H,48,53)(H4,38,39,43)(H4,40,41,44)/t27-,28+,29-,30-/m1/s1. The lowest BCUT2D eigenvalue weighted by molar-refractivity contribution is -0.135. The van der Waals surface area contributed by atoms with E-state index in [0.29, 0.717) is 12.0 Å². The summed E-state index contributed by atoms with van der Waals surface area (Å²) in [6, 6.07) is 15.0. The summed E-state index contributed by atoms with van der Waals surface area (Å²) in [6.45, 7) is 0.234. The molecule has 0 spiro atoms. The van der Waals surface area contributed by atoms with E-state index in [4.69, 9.17) is 22.9 Å². The average molecular weight is 744 g/mol. The molecule has 4 rings (SSSR count). The summed E-state index contributed by atoms with van der Waals surface area (Å²) in [5.74, 6) is -3.33. The molecule has 17 nitrogen and oxygen atoms in total. The lowest BCUT2D eigenvalue weighted by atomic mass is 10.00. The van der Waals surface area contributed by atoms with E-state index in [0.717, 1.165) is 16.3 Å². The van der Waals surface area contributed by atoms with E-state index in [-0.39, 0.29) is 75.8 Å². The number of aromatic hydroxyl groups is 1. The van der Waals surface area contributed by atoms with Gasteiger partial charge in [0.15, 0.2) is 11.9 Å². The largest absolute Gasteiger partial charge is 0.508 e. The first-order valence-corrected chi connectivity index (χ1v) is 17.7. The number of phenols is 1. The normalized spacial score (nSPS) is 20.1. The molecule has 0 aromatic heterocycles. The van der Waals surface area contributed by atoms with Crippen molar-refractivity contribution in [2.45, 2.75) is 69.1 Å². The van der Waals surface area contributed by atoms with Crippen molar-refractivity contribution in [3.05, 3.63) is 77.9 Å². The van der Waals surface area contributed by atoms with Gasteiger partial charge in [-0.15, -0.1) is 0 Å². The number of carbonyl (C=O) groups excluding carboxylic acids is 5. The molecular formula is C37H49N11O6. The van der Waals surface area contributed by atoms with Gasteiger partial charge in [0.05, 0.1) is 0 Å². The van der Waals surface area contributed by atoms with E-state index in [1.807, 2.05) is 42.5 Å². The number of amides is 5. The number of fused-ring (bicyclic) bond motifs is 1. The molecule has 0 unspecified atom stereocenters. The first-order chi connectivity index (χ1) is 25.9. The third-order valence-electron chi connectivity index (χ3n) is 8.72. The van der Waals surface area contributed by atoms with E-state index < -0.39 is 53.7 Å². The second-order valence-corrected chi connectivity index (χ2v) is 13.0. The van der Waals surface area contributed by atoms with Crippen LogP contribution >= 0.6 is 0 Å². The Balaban J connectivity index is 1.66. The first kappa shape index (κ1) is 40.4. The molecule has 1 aliphatic heterocycles. The Morgan fingerprint density at radius 2 is 1.11 bits per heavy atom. The van der Waals surface area contributed by atoms with Crippen LogP contribution in [0.1, 0.15) is 43.2 Å². The van der Waals surface area contributed by atoms with Gasteiger partial charge in [-0.25, -0.2) is 0 Å². The predicted octanol–water partition coefficient (Wildman–Crippen LogP) is -1.10. The van der Waals surface area contributed by atoms with Gasteiger partial charge in [0, 0.05) is 38.9 Å². The molecular weight excluding hydrogens is 694 g/mol. The van der Waals surface area contributed by atoms with Crippen molar-refractivity contribution in [3.63, 3.8) is 0 Å². The monoisotopic (exact) mass is 743 g/mol. The molecule has 1 aliphatic rings. The molecule has 0 saturated carbocycles. The van der Waals surface area contributed by atoms with Crippen molar-refractivity contribution >= 4 is 52.2 Å². The maximum atomic E-state index is 14.0. The van der Waals surface area contributed by atoms with Crippen molar-refractivity contribution < 1.29 is 29.1 Å². The van der Waals surface area contributed by atoms with E-state index in [1.165, 1.54) is 12.1 Å².